The Kier molecular flexibility index (Phi) is 18.8. The fraction of sp³-hybridized carbons (Fsp3) is 1.00. The Balaban J connectivity index is 4.77. The second-order valence-electron chi connectivity index (χ2n) is 6.88. The van der Waals surface area contributed by atoms with Crippen LogP contribution in [0.1, 0.15) is 105 Å². The van der Waals surface area contributed by atoms with E-state index in [1.807, 2.05) is 0 Å². The molecule has 1 atom stereocenters. The highest BCUT2D eigenvalue weighted by molar-refractivity contribution is 14.1. The number of hydrogen-bond acceptors (Lipinski definition) is 3. The van der Waals surface area contributed by atoms with Crippen molar-refractivity contribution in [3.05, 3.63) is 0 Å². The van der Waals surface area contributed by atoms with Gasteiger partial charge in [0.05, 0.1) is 3.55 Å². The summed E-state index contributed by atoms with van der Waals surface area (Å²) < 4.78 is 19.5. The molecule has 0 aromatic rings. The van der Waals surface area contributed by atoms with Crippen LogP contribution in [0.15, 0.2) is 0 Å². The minimum absolute atomic E-state index is 0.372. The van der Waals surface area contributed by atoms with Crippen molar-refractivity contribution in [2.75, 3.05) is 19.8 Å². The molecule has 1 unspecified atom stereocenters. The van der Waals surface area contributed by atoms with Crippen molar-refractivity contribution >= 4 is 31.4 Å². The van der Waals surface area contributed by atoms with Crippen LogP contribution in [0, 0.1) is 0 Å². The molecule has 0 aliphatic carbocycles. The maximum absolute atomic E-state index is 6.39. The van der Waals surface area contributed by atoms with E-state index in [-0.39, 0.29) is 0 Å². The van der Waals surface area contributed by atoms with E-state index in [2.05, 4.69) is 50.3 Å². The molecule has 0 saturated heterocycles. The first-order valence-corrected chi connectivity index (χ1v) is 13.8. The molecule has 5 heteroatoms. The van der Waals surface area contributed by atoms with Gasteiger partial charge in [0, 0.05) is 19.8 Å². The number of halogens is 1. The first-order valence-electron chi connectivity index (χ1n) is 10.7. The zero-order valence-electron chi connectivity index (χ0n) is 17.3. The van der Waals surface area contributed by atoms with Crippen LogP contribution in [0.2, 0.25) is 0 Å². The van der Waals surface area contributed by atoms with Crippen LogP contribution in [0.5, 0.6) is 0 Å². The molecule has 0 aliphatic rings. The van der Waals surface area contributed by atoms with Gasteiger partial charge in [0.15, 0.2) is 0 Å². The predicted molar refractivity (Wildman–Crippen MR) is 120 cm³/mol. The lowest BCUT2D eigenvalue weighted by Gasteiger charge is -2.33. The first kappa shape index (κ1) is 25.8. The van der Waals surface area contributed by atoms with E-state index in [9.17, 15) is 0 Å². The van der Waals surface area contributed by atoms with Gasteiger partial charge in [-0.05, 0) is 25.7 Å². The summed E-state index contributed by atoms with van der Waals surface area (Å²) in [5, 5.41) is 0. The second-order valence-corrected chi connectivity index (χ2v) is 12.3. The molecule has 0 saturated carbocycles. The SMILES string of the molecule is CCCCCCCC(I)[Si](OCCCC)(OCCCC)OCCCC. The Bertz CT molecular complexity index is 253. The van der Waals surface area contributed by atoms with Gasteiger partial charge in [-0.15, -0.1) is 0 Å². The summed E-state index contributed by atoms with van der Waals surface area (Å²) in [6.07, 6.45) is 14.4. The molecule has 3 nitrogen and oxygen atoms in total. The lowest BCUT2D eigenvalue weighted by Crippen LogP contribution is -2.54. The maximum Gasteiger partial charge on any atom is 0.514 e. The first-order chi connectivity index (χ1) is 12.2. The Labute approximate surface area is 172 Å². The van der Waals surface area contributed by atoms with Gasteiger partial charge in [-0.1, -0.05) is 102 Å². The molecular weight excluding hydrogens is 443 g/mol. The van der Waals surface area contributed by atoms with Crippen LogP contribution in [0.4, 0.5) is 0 Å². The van der Waals surface area contributed by atoms with Crippen molar-refractivity contribution < 1.29 is 13.3 Å². The fourth-order valence-electron chi connectivity index (χ4n) is 2.58. The zero-order chi connectivity index (χ0) is 18.8. The van der Waals surface area contributed by atoms with E-state index in [1.165, 1.54) is 32.1 Å². The lowest BCUT2D eigenvalue weighted by molar-refractivity contribution is 0.0551. The molecule has 0 fully saturated rings. The van der Waals surface area contributed by atoms with E-state index < -0.39 is 8.80 Å². The number of unbranched alkanes of at least 4 members (excludes halogenated alkanes) is 7. The average Bonchev–Trinajstić information content (AvgIpc) is 2.61. The third kappa shape index (κ3) is 12.8. The monoisotopic (exact) mass is 486 g/mol. The second kappa shape index (κ2) is 18.2. The van der Waals surface area contributed by atoms with Crippen LogP contribution in [0.25, 0.3) is 0 Å². The Hall–Kier alpha value is 0.827. The number of hydrogen-bond donors (Lipinski definition) is 0. The fourth-order valence-corrected chi connectivity index (χ4v) is 7.27. The summed E-state index contributed by atoms with van der Waals surface area (Å²) in [6, 6.07) is 0. The van der Waals surface area contributed by atoms with E-state index >= 15 is 0 Å². The van der Waals surface area contributed by atoms with Crippen molar-refractivity contribution in [1.82, 2.24) is 0 Å². The average molecular weight is 487 g/mol. The van der Waals surface area contributed by atoms with E-state index in [1.54, 1.807) is 0 Å². The zero-order valence-corrected chi connectivity index (χ0v) is 20.4. The molecule has 0 spiro atoms. The molecule has 0 amide bonds. The molecular formula is C20H43IO3Si. The molecule has 0 bridgehead atoms. The van der Waals surface area contributed by atoms with E-state index in [0.29, 0.717) is 3.55 Å². The van der Waals surface area contributed by atoms with Crippen molar-refractivity contribution in [3.8, 4) is 0 Å². The van der Waals surface area contributed by atoms with Gasteiger partial charge in [-0.25, -0.2) is 0 Å². The Morgan fingerprint density at radius 1 is 0.600 bits per heavy atom. The van der Waals surface area contributed by atoms with E-state index in [4.69, 9.17) is 13.3 Å². The third-order valence-corrected chi connectivity index (χ3v) is 10.1. The Morgan fingerprint density at radius 2 is 1.00 bits per heavy atom. The van der Waals surface area contributed by atoms with Gasteiger partial charge in [0.25, 0.3) is 0 Å². The summed E-state index contributed by atoms with van der Waals surface area (Å²) in [6.45, 7) is 11.2. The van der Waals surface area contributed by atoms with Gasteiger partial charge >= 0.3 is 8.80 Å². The topological polar surface area (TPSA) is 27.7 Å². The van der Waals surface area contributed by atoms with Crippen molar-refractivity contribution in [1.29, 1.82) is 0 Å². The molecule has 0 aromatic carbocycles. The normalized spacial score (nSPS) is 13.3. The summed E-state index contributed by atoms with van der Waals surface area (Å²) in [7, 11) is -2.59. The quantitative estimate of drug-likeness (QED) is 0.0845. The highest BCUT2D eigenvalue weighted by Gasteiger charge is 2.48. The molecule has 0 aromatic heterocycles. The van der Waals surface area contributed by atoms with E-state index in [0.717, 1.165) is 64.8 Å². The molecule has 152 valence electrons. The van der Waals surface area contributed by atoms with Crippen LogP contribution in [-0.2, 0) is 13.3 Å². The molecule has 0 radical (unpaired) electrons. The highest BCUT2D eigenvalue weighted by atomic mass is 127. The van der Waals surface area contributed by atoms with Gasteiger partial charge in [-0.2, -0.15) is 0 Å². The molecule has 0 aliphatic heterocycles. The van der Waals surface area contributed by atoms with Crippen LogP contribution in [0.3, 0.4) is 0 Å². The molecule has 0 heterocycles. The minimum Gasteiger partial charge on any atom is -0.373 e. The Morgan fingerprint density at radius 3 is 1.40 bits per heavy atom. The van der Waals surface area contributed by atoms with Gasteiger partial charge < -0.3 is 13.3 Å². The number of rotatable bonds is 19. The van der Waals surface area contributed by atoms with Gasteiger partial charge in [0.1, 0.15) is 0 Å². The van der Waals surface area contributed by atoms with Crippen molar-refractivity contribution in [2.24, 2.45) is 0 Å². The predicted octanol–water partition coefficient (Wildman–Crippen LogP) is 7.08. The summed E-state index contributed by atoms with van der Waals surface area (Å²) in [4.78, 5) is 0. The largest absolute Gasteiger partial charge is 0.514 e. The third-order valence-electron chi connectivity index (χ3n) is 4.35. The molecule has 25 heavy (non-hydrogen) atoms. The lowest BCUT2D eigenvalue weighted by atomic mass is 10.1. The smallest absolute Gasteiger partial charge is 0.373 e. The van der Waals surface area contributed by atoms with Crippen LogP contribution >= 0.6 is 22.6 Å². The summed E-state index contributed by atoms with van der Waals surface area (Å²) in [5.41, 5.74) is 0. The van der Waals surface area contributed by atoms with Crippen molar-refractivity contribution in [3.63, 3.8) is 0 Å². The van der Waals surface area contributed by atoms with Gasteiger partial charge in [0.2, 0.25) is 0 Å². The van der Waals surface area contributed by atoms with Crippen molar-refractivity contribution in [2.45, 2.75) is 108 Å². The summed E-state index contributed by atoms with van der Waals surface area (Å²) in [5.74, 6) is 0. The maximum atomic E-state index is 6.39. The molecule has 0 rings (SSSR count). The minimum atomic E-state index is -2.59. The molecule has 0 N–H and O–H groups in total. The van der Waals surface area contributed by atoms with Gasteiger partial charge in [-0.3, -0.25) is 0 Å². The van der Waals surface area contributed by atoms with Crippen LogP contribution in [-0.4, -0.2) is 32.2 Å². The number of alkyl halides is 1. The standard InChI is InChI=1S/C20H43IO3Si/c1-5-9-13-14-15-16-20(21)25(22-17-10-6-2,23-18-11-7-3)24-19-12-8-4/h20H,5-19H2,1-4H3. The van der Waals surface area contributed by atoms with Crippen LogP contribution < -0.4 is 0 Å². The summed E-state index contributed by atoms with van der Waals surface area (Å²) >= 11 is 2.56. The highest BCUT2D eigenvalue weighted by Crippen LogP contribution is 2.28.